The molecule has 0 radical (unpaired) electrons. The number of hydrogen-bond acceptors (Lipinski definition) is 3. The van der Waals surface area contributed by atoms with Gasteiger partial charge in [-0.1, -0.05) is 54.1 Å². The second-order valence-electron chi connectivity index (χ2n) is 5.40. The first-order valence-corrected chi connectivity index (χ1v) is 7.31. The lowest BCUT2D eigenvalue weighted by Crippen LogP contribution is -2.43. The van der Waals surface area contributed by atoms with Crippen LogP contribution in [-0.2, 0) is 0 Å². The number of aliphatic hydroxyl groups is 1. The van der Waals surface area contributed by atoms with Crippen LogP contribution in [0.4, 0.5) is 0 Å². The zero-order valence-corrected chi connectivity index (χ0v) is 12.8. The molecule has 1 aliphatic rings. The number of nitrogens with zero attached hydrogens (tertiary/aromatic N) is 2. The highest BCUT2D eigenvalue weighted by Gasteiger charge is 2.41. The number of carbonyl (C=O) groups is 1. The molecule has 3 rings (SSSR count). The van der Waals surface area contributed by atoms with Crippen molar-refractivity contribution in [2.24, 2.45) is 5.10 Å². The molecule has 0 aromatic heterocycles. The van der Waals surface area contributed by atoms with Crippen molar-refractivity contribution >= 4 is 23.2 Å². The van der Waals surface area contributed by atoms with Crippen molar-refractivity contribution < 1.29 is 9.90 Å². The van der Waals surface area contributed by atoms with Gasteiger partial charge in [0.2, 0.25) is 0 Å². The summed E-state index contributed by atoms with van der Waals surface area (Å²) in [7, 11) is 0. The standard InChI is InChI=1S/C17H15ClN2O2/c1-17(22)11-15(12-7-3-2-4-8-12)19-20(17)16(21)13-9-5-6-10-14(13)18/h2-10,22H,11H2,1H3/t17-/m0/s1. The van der Waals surface area contributed by atoms with Crippen molar-refractivity contribution in [3.05, 3.63) is 70.7 Å². The number of benzene rings is 2. The average molecular weight is 315 g/mol. The molecular formula is C17H15ClN2O2. The van der Waals surface area contributed by atoms with E-state index in [-0.39, 0.29) is 6.42 Å². The fourth-order valence-corrected chi connectivity index (χ4v) is 2.68. The Labute approximate surface area is 133 Å². The molecule has 2 aromatic rings. The van der Waals surface area contributed by atoms with E-state index in [0.717, 1.165) is 10.6 Å². The second kappa shape index (κ2) is 5.55. The Balaban J connectivity index is 1.97. The van der Waals surface area contributed by atoms with Gasteiger partial charge < -0.3 is 5.11 Å². The largest absolute Gasteiger partial charge is 0.369 e. The molecule has 0 fully saturated rings. The van der Waals surface area contributed by atoms with E-state index < -0.39 is 11.6 Å². The molecular weight excluding hydrogens is 300 g/mol. The monoisotopic (exact) mass is 314 g/mol. The van der Waals surface area contributed by atoms with Gasteiger partial charge in [-0.15, -0.1) is 0 Å². The van der Waals surface area contributed by atoms with E-state index in [1.54, 1.807) is 31.2 Å². The molecule has 1 aliphatic heterocycles. The summed E-state index contributed by atoms with van der Waals surface area (Å²) < 4.78 is 0. The van der Waals surface area contributed by atoms with Gasteiger partial charge in [0, 0.05) is 6.42 Å². The molecule has 1 amide bonds. The minimum Gasteiger partial charge on any atom is -0.369 e. The molecule has 1 atom stereocenters. The normalized spacial score (nSPS) is 20.9. The Bertz CT molecular complexity index is 741. The lowest BCUT2D eigenvalue weighted by atomic mass is 10.0. The molecule has 2 aromatic carbocycles. The van der Waals surface area contributed by atoms with Crippen LogP contribution in [0.5, 0.6) is 0 Å². The zero-order chi connectivity index (χ0) is 15.7. The lowest BCUT2D eigenvalue weighted by Gasteiger charge is -2.27. The maximum absolute atomic E-state index is 12.6. The Morgan fingerprint density at radius 3 is 2.50 bits per heavy atom. The van der Waals surface area contributed by atoms with E-state index in [2.05, 4.69) is 5.10 Å². The number of carbonyl (C=O) groups excluding carboxylic acids is 1. The average Bonchev–Trinajstić information content (AvgIpc) is 2.84. The smallest absolute Gasteiger partial charge is 0.278 e. The molecule has 4 nitrogen and oxygen atoms in total. The van der Waals surface area contributed by atoms with E-state index in [9.17, 15) is 9.90 Å². The molecule has 0 aliphatic carbocycles. The zero-order valence-electron chi connectivity index (χ0n) is 12.0. The van der Waals surface area contributed by atoms with E-state index in [4.69, 9.17) is 11.6 Å². The van der Waals surface area contributed by atoms with E-state index in [1.165, 1.54) is 0 Å². The van der Waals surface area contributed by atoms with Crippen molar-refractivity contribution in [2.45, 2.75) is 19.1 Å². The third kappa shape index (κ3) is 2.63. The summed E-state index contributed by atoms with van der Waals surface area (Å²) in [6.45, 7) is 1.57. The van der Waals surface area contributed by atoms with Crippen molar-refractivity contribution in [2.75, 3.05) is 0 Å². The quantitative estimate of drug-likeness (QED) is 0.924. The van der Waals surface area contributed by atoms with Gasteiger partial charge in [-0.25, -0.2) is 0 Å². The van der Waals surface area contributed by atoms with Crippen LogP contribution in [0.1, 0.15) is 29.3 Å². The third-order valence-electron chi connectivity index (χ3n) is 3.58. The molecule has 0 spiro atoms. The molecule has 1 heterocycles. The maximum atomic E-state index is 12.6. The highest BCUT2D eigenvalue weighted by molar-refractivity contribution is 6.33. The first-order chi connectivity index (χ1) is 10.5. The molecule has 1 N–H and O–H groups in total. The predicted octanol–water partition coefficient (Wildman–Crippen LogP) is 3.30. The van der Waals surface area contributed by atoms with Gasteiger partial charge in [0.15, 0.2) is 5.72 Å². The molecule has 0 saturated carbocycles. The molecule has 112 valence electrons. The highest BCUT2D eigenvalue weighted by Crippen LogP contribution is 2.30. The van der Waals surface area contributed by atoms with Crippen molar-refractivity contribution in [1.29, 1.82) is 0 Å². The van der Waals surface area contributed by atoms with Gasteiger partial charge in [0.25, 0.3) is 5.91 Å². The second-order valence-corrected chi connectivity index (χ2v) is 5.81. The number of hydrazone groups is 1. The SMILES string of the molecule is C[C@]1(O)CC(c2ccccc2)=NN1C(=O)c1ccccc1Cl. The van der Waals surface area contributed by atoms with Gasteiger partial charge in [0.05, 0.1) is 16.3 Å². The Morgan fingerprint density at radius 1 is 1.18 bits per heavy atom. The van der Waals surface area contributed by atoms with Crippen LogP contribution in [-0.4, -0.2) is 27.5 Å². The van der Waals surface area contributed by atoms with Crippen LogP contribution >= 0.6 is 11.6 Å². The summed E-state index contributed by atoms with van der Waals surface area (Å²) in [5.74, 6) is -0.415. The minimum absolute atomic E-state index is 0.271. The van der Waals surface area contributed by atoms with Gasteiger partial charge >= 0.3 is 0 Å². The summed E-state index contributed by atoms with van der Waals surface area (Å²) in [6.07, 6.45) is 0.271. The van der Waals surface area contributed by atoms with Crippen LogP contribution < -0.4 is 0 Å². The molecule has 5 heteroatoms. The molecule has 0 unspecified atom stereocenters. The summed E-state index contributed by atoms with van der Waals surface area (Å²) in [4.78, 5) is 12.6. The van der Waals surface area contributed by atoms with Crippen molar-refractivity contribution in [3.8, 4) is 0 Å². The van der Waals surface area contributed by atoms with Crippen LogP contribution in [0.2, 0.25) is 5.02 Å². The number of hydrogen-bond donors (Lipinski definition) is 1. The number of halogens is 1. The number of amides is 1. The molecule has 22 heavy (non-hydrogen) atoms. The fraction of sp³-hybridized carbons (Fsp3) is 0.176. The summed E-state index contributed by atoms with van der Waals surface area (Å²) in [5.41, 5.74) is 0.507. The first-order valence-electron chi connectivity index (χ1n) is 6.93. The Morgan fingerprint density at radius 2 is 1.82 bits per heavy atom. The van der Waals surface area contributed by atoms with E-state index in [1.807, 2.05) is 30.3 Å². The van der Waals surface area contributed by atoms with Crippen LogP contribution in [0.3, 0.4) is 0 Å². The van der Waals surface area contributed by atoms with Gasteiger partial charge in [-0.05, 0) is 24.6 Å². The third-order valence-corrected chi connectivity index (χ3v) is 3.91. The highest BCUT2D eigenvalue weighted by atomic mass is 35.5. The maximum Gasteiger partial charge on any atom is 0.278 e. The predicted molar refractivity (Wildman–Crippen MR) is 85.8 cm³/mol. The van der Waals surface area contributed by atoms with Crippen LogP contribution in [0.25, 0.3) is 0 Å². The number of rotatable bonds is 2. The van der Waals surface area contributed by atoms with E-state index in [0.29, 0.717) is 16.3 Å². The molecule has 0 saturated heterocycles. The van der Waals surface area contributed by atoms with Gasteiger partial charge in [0.1, 0.15) is 0 Å². The topological polar surface area (TPSA) is 52.9 Å². The molecule has 0 bridgehead atoms. The summed E-state index contributed by atoms with van der Waals surface area (Å²) in [5, 5.41) is 16.3. The van der Waals surface area contributed by atoms with Crippen LogP contribution in [0.15, 0.2) is 59.7 Å². The Kier molecular flexibility index (Phi) is 3.72. The van der Waals surface area contributed by atoms with Gasteiger partial charge in [-0.2, -0.15) is 10.1 Å². The van der Waals surface area contributed by atoms with Crippen molar-refractivity contribution in [3.63, 3.8) is 0 Å². The lowest BCUT2D eigenvalue weighted by molar-refractivity contribution is -0.0553. The Hall–Kier alpha value is -2.17. The fourth-order valence-electron chi connectivity index (χ4n) is 2.46. The summed E-state index contributed by atoms with van der Waals surface area (Å²) >= 11 is 6.07. The van der Waals surface area contributed by atoms with Gasteiger partial charge in [-0.3, -0.25) is 4.79 Å². The van der Waals surface area contributed by atoms with Crippen LogP contribution in [0, 0.1) is 0 Å². The van der Waals surface area contributed by atoms with E-state index >= 15 is 0 Å². The first kappa shape index (κ1) is 14.8. The van der Waals surface area contributed by atoms with Crippen molar-refractivity contribution in [1.82, 2.24) is 5.01 Å². The minimum atomic E-state index is -1.37. The summed E-state index contributed by atoms with van der Waals surface area (Å²) in [6, 6.07) is 16.2.